The van der Waals surface area contributed by atoms with Crippen molar-refractivity contribution in [2.75, 3.05) is 76.0 Å². The first-order valence-corrected chi connectivity index (χ1v) is 22.5. The molecule has 5 aliphatic heterocycles. The molecule has 5 aliphatic rings. The van der Waals surface area contributed by atoms with Crippen LogP contribution >= 0.6 is 0 Å². The molecule has 12 unspecified atom stereocenters. The van der Waals surface area contributed by atoms with Crippen LogP contribution in [0.2, 0.25) is 0 Å². The Morgan fingerprint density at radius 1 is 0.300 bits per heavy atom. The lowest BCUT2D eigenvalue weighted by atomic mass is 9.83. The topological polar surface area (TPSA) is 61.1 Å². The molecule has 0 amide bonds. The van der Waals surface area contributed by atoms with Crippen molar-refractivity contribution < 1.29 is 0 Å². The zero-order valence-corrected chi connectivity index (χ0v) is 37.1. The molecular formula is C52H68N8. The van der Waals surface area contributed by atoms with E-state index in [1.165, 1.54) is 45.0 Å². The Balaban J connectivity index is 1.14. The number of nitrogens with zero attached hydrogens (tertiary/aromatic N) is 4. The minimum Gasteiger partial charge on any atom is -0.378 e. The van der Waals surface area contributed by atoms with Crippen LogP contribution in [0.4, 0.5) is 22.7 Å². The number of nitrogens with one attached hydrogen (secondary N) is 4. The Morgan fingerprint density at radius 3 is 0.683 bits per heavy atom. The summed E-state index contributed by atoms with van der Waals surface area (Å²) in [7, 11) is 17.1. The highest BCUT2D eigenvalue weighted by Gasteiger charge is 2.47. The number of rotatable bonds is 8. The van der Waals surface area contributed by atoms with Crippen molar-refractivity contribution in [1.82, 2.24) is 21.3 Å². The van der Waals surface area contributed by atoms with Gasteiger partial charge in [-0.25, -0.2) is 0 Å². The Bertz CT molecular complexity index is 1810. The van der Waals surface area contributed by atoms with Crippen LogP contribution < -0.4 is 40.9 Å². The van der Waals surface area contributed by atoms with E-state index in [0.29, 0.717) is 24.2 Å². The summed E-state index contributed by atoms with van der Waals surface area (Å²) in [4.78, 5) is 8.82. The predicted octanol–water partition coefficient (Wildman–Crippen LogP) is 7.43. The maximum atomic E-state index is 4.37. The molecule has 0 spiro atoms. The molecule has 0 radical (unpaired) electrons. The maximum absolute atomic E-state index is 4.37. The van der Waals surface area contributed by atoms with Crippen molar-refractivity contribution in [3.63, 3.8) is 0 Å². The van der Waals surface area contributed by atoms with Crippen LogP contribution in [0.5, 0.6) is 0 Å². The molecule has 8 heteroatoms. The number of hydrogen-bond donors (Lipinski definition) is 4. The Kier molecular flexibility index (Phi) is 11.6. The van der Waals surface area contributed by atoms with Gasteiger partial charge in [0, 0.05) is 151 Å². The molecule has 8 bridgehead atoms. The first kappa shape index (κ1) is 40.8. The van der Waals surface area contributed by atoms with E-state index in [4.69, 9.17) is 0 Å². The van der Waals surface area contributed by atoms with Crippen molar-refractivity contribution >= 4 is 22.7 Å². The summed E-state index contributed by atoms with van der Waals surface area (Å²) in [5.41, 5.74) is 10.6. The zero-order chi connectivity index (χ0) is 41.7. The van der Waals surface area contributed by atoms with Gasteiger partial charge in [0.1, 0.15) is 0 Å². The van der Waals surface area contributed by atoms with Crippen LogP contribution in [-0.2, 0) is 0 Å². The minimum absolute atomic E-state index is 0.208. The second-order valence-electron chi connectivity index (χ2n) is 19.2. The van der Waals surface area contributed by atoms with Crippen molar-refractivity contribution in [3.05, 3.63) is 144 Å². The summed E-state index contributed by atoms with van der Waals surface area (Å²) in [6.07, 6.45) is 14.6. The van der Waals surface area contributed by atoms with E-state index in [1.807, 2.05) is 0 Å². The zero-order valence-electron chi connectivity index (χ0n) is 37.1. The standard InChI is InChI=1S/C52H68N8/c1-57(2)37-17-9-33(10-18-37)49-41-25-27-43(53-41)50(34-11-19-38(20-12-34)58(3)4)45-29-31-47(55-45)52(36-15-23-40(24-16-36)60(7)8)48-32-30-46(56-48)51(44-28-26-42(49)54-44)35-13-21-39(22-14-35)59(5)6/h9-25,27,30,32,41-56H,26,28-29,31H2,1-8H3. The van der Waals surface area contributed by atoms with Gasteiger partial charge in [0.25, 0.3) is 0 Å². The molecule has 4 aromatic rings. The first-order valence-electron chi connectivity index (χ1n) is 22.5. The fourth-order valence-corrected chi connectivity index (χ4v) is 11.5. The van der Waals surface area contributed by atoms with E-state index in [0.717, 1.165) is 25.7 Å². The van der Waals surface area contributed by atoms with Gasteiger partial charge in [-0.15, -0.1) is 0 Å². The summed E-state index contributed by atoms with van der Waals surface area (Å²) in [5.74, 6) is 1.14. The summed E-state index contributed by atoms with van der Waals surface area (Å²) < 4.78 is 0. The van der Waals surface area contributed by atoms with Gasteiger partial charge in [0.05, 0.1) is 0 Å². The number of hydrogen-bond acceptors (Lipinski definition) is 8. The van der Waals surface area contributed by atoms with Crippen LogP contribution in [0, 0.1) is 0 Å². The van der Waals surface area contributed by atoms with Gasteiger partial charge in [-0.05, 0) is 96.5 Å². The second kappa shape index (κ2) is 17.0. The molecule has 0 saturated carbocycles. The molecule has 3 fully saturated rings. The van der Waals surface area contributed by atoms with E-state index in [-0.39, 0.29) is 47.8 Å². The summed E-state index contributed by atoms with van der Waals surface area (Å²) in [6.45, 7) is 0. The molecule has 5 heterocycles. The Morgan fingerprint density at radius 2 is 0.500 bits per heavy atom. The van der Waals surface area contributed by atoms with Crippen LogP contribution in [0.3, 0.4) is 0 Å². The van der Waals surface area contributed by atoms with Gasteiger partial charge in [-0.2, -0.15) is 0 Å². The quantitative estimate of drug-likeness (QED) is 0.137. The number of benzene rings is 4. The van der Waals surface area contributed by atoms with Crippen LogP contribution in [0.15, 0.2) is 121 Å². The van der Waals surface area contributed by atoms with Crippen molar-refractivity contribution in [2.24, 2.45) is 0 Å². The lowest BCUT2D eigenvalue weighted by Crippen LogP contribution is -2.52. The van der Waals surface area contributed by atoms with Gasteiger partial charge >= 0.3 is 0 Å². The van der Waals surface area contributed by atoms with Gasteiger partial charge in [-0.1, -0.05) is 72.8 Å². The highest BCUT2D eigenvalue weighted by Crippen LogP contribution is 2.44. The summed E-state index contributed by atoms with van der Waals surface area (Å²) >= 11 is 0. The van der Waals surface area contributed by atoms with Crippen LogP contribution in [-0.4, -0.2) is 105 Å². The Labute approximate surface area is 360 Å². The van der Waals surface area contributed by atoms with Gasteiger partial charge in [0.15, 0.2) is 0 Å². The average molecular weight is 805 g/mol. The van der Waals surface area contributed by atoms with Crippen molar-refractivity contribution in [1.29, 1.82) is 0 Å². The van der Waals surface area contributed by atoms with Crippen LogP contribution in [0.25, 0.3) is 0 Å². The van der Waals surface area contributed by atoms with E-state index in [2.05, 4.69) is 219 Å². The van der Waals surface area contributed by atoms with E-state index in [1.54, 1.807) is 0 Å². The summed E-state index contributed by atoms with van der Waals surface area (Å²) in [6, 6.07) is 39.8. The molecule has 0 aromatic heterocycles. The maximum Gasteiger partial charge on any atom is 0.0361 e. The average Bonchev–Trinajstić information content (AvgIpc) is 4.10. The second-order valence-corrected chi connectivity index (χ2v) is 19.2. The third-order valence-electron chi connectivity index (χ3n) is 14.7. The molecule has 316 valence electrons. The third kappa shape index (κ3) is 8.00. The van der Waals surface area contributed by atoms with Gasteiger partial charge < -0.3 is 40.9 Å². The highest BCUT2D eigenvalue weighted by molar-refractivity contribution is 5.51. The fraction of sp³-hybridized carbons (Fsp3) is 0.462. The largest absolute Gasteiger partial charge is 0.378 e. The molecule has 12 atom stereocenters. The van der Waals surface area contributed by atoms with Gasteiger partial charge in [-0.3, -0.25) is 0 Å². The van der Waals surface area contributed by atoms with E-state index in [9.17, 15) is 0 Å². The minimum atomic E-state index is 0.208. The molecular weight excluding hydrogens is 737 g/mol. The Hall–Kier alpha value is -4.60. The first-order chi connectivity index (χ1) is 29.0. The molecule has 4 aromatic carbocycles. The van der Waals surface area contributed by atoms with Crippen LogP contribution in [0.1, 0.15) is 71.6 Å². The van der Waals surface area contributed by atoms with E-state index < -0.39 is 0 Å². The van der Waals surface area contributed by atoms with Crippen molar-refractivity contribution in [2.45, 2.75) is 97.7 Å². The normalized spacial score (nSPS) is 32.0. The van der Waals surface area contributed by atoms with Crippen molar-refractivity contribution in [3.8, 4) is 0 Å². The third-order valence-corrected chi connectivity index (χ3v) is 14.7. The predicted molar refractivity (Wildman–Crippen MR) is 254 cm³/mol. The molecule has 3 saturated heterocycles. The fourth-order valence-electron chi connectivity index (χ4n) is 11.5. The van der Waals surface area contributed by atoms with E-state index >= 15 is 0 Å². The molecule has 60 heavy (non-hydrogen) atoms. The smallest absolute Gasteiger partial charge is 0.0361 e. The molecule has 8 nitrogen and oxygen atoms in total. The monoisotopic (exact) mass is 805 g/mol. The molecule has 4 N–H and O–H groups in total. The van der Waals surface area contributed by atoms with Gasteiger partial charge in [0.2, 0.25) is 0 Å². The summed E-state index contributed by atoms with van der Waals surface area (Å²) in [5, 5.41) is 17.4. The lowest BCUT2D eigenvalue weighted by molar-refractivity contribution is 0.317. The number of anilines is 4. The lowest BCUT2D eigenvalue weighted by Gasteiger charge is -2.38. The number of fused-ring (bicyclic) bond motifs is 8. The molecule has 9 rings (SSSR count). The SMILES string of the molecule is CN(C)c1ccc(C2C3C=CC(N3)C(c3ccc(N(C)C)cc3)C3CCC(N3)C(c3ccc(N(C)C)cc3)C3C=CC(N3)C(c3ccc(N(C)C)cc3)C3CCC2N3)cc1. The molecule has 0 aliphatic carbocycles. The highest BCUT2D eigenvalue weighted by atomic mass is 15.1.